The largest absolute Gasteiger partial charge is 0.465 e. The minimum atomic E-state index is -0.484. The molecule has 6 nitrogen and oxygen atoms in total. The van der Waals surface area contributed by atoms with Crippen LogP contribution in [0.4, 0.5) is 4.39 Å². The number of H-pyrrole nitrogens is 1. The van der Waals surface area contributed by atoms with Gasteiger partial charge < -0.3 is 9.72 Å². The summed E-state index contributed by atoms with van der Waals surface area (Å²) in [7, 11) is 3.19. The summed E-state index contributed by atoms with van der Waals surface area (Å²) in [6.45, 7) is 2.37. The fraction of sp³-hybridized carbons (Fsp3) is 0.250. The van der Waals surface area contributed by atoms with Gasteiger partial charge in [0, 0.05) is 6.04 Å². The predicted molar refractivity (Wildman–Crippen MR) is 100.0 cm³/mol. The van der Waals surface area contributed by atoms with Crippen molar-refractivity contribution >= 4 is 16.9 Å². The normalized spacial score (nSPS) is 12.3. The number of methoxy groups -OCH3 is 1. The molecule has 0 aliphatic rings. The zero-order chi connectivity index (χ0) is 19.6. The van der Waals surface area contributed by atoms with Gasteiger partial charge in [0.25, 0.3) is 5.56 Å². The minimum absolute atomic E-state index is 0.00648. The SMILES string of the molecule is COC(=O)c1ccc2c(=O)[nH]c(CN(C)C(C)c3ccc(F)cc3)nc2c1. The molecule has 0 amide bonds. The summed E-state index contributed by atoms with van der Waals surface area (Å²) >= 11 is 0. The maximum absolute atomic E-state index is 13.1. The number of aromatic nitrogens is 2. The number of hydrogen-bond acceptors (Lipinski definition) is 5. The molecule has 0 aliphatic carbocycles. The van der Waals surface area contributed by atoms with Crippen molar-refractivity contribution < 1.29 is 13.9 Å². The van der Waals surface area contributed by atoms with Gasteiger partial charge in [0.05, 0.1) is 30.1 Å². The van der Waals surface area contributed by atoms with Crippen molar-refractivity contribution in [2.45, 2.75) is 19.5 Å². The van der Waals surface area contributed by atoms with Crippen LogP contribution in [-0.4, -0.2) is 35.0 Å². The lowest BCUT2D eigenvalue weighted by molar-refractivity contribution is 0.0601. The molecule has 1 N–H and O–H groups in total. The van der Waals surface area contributed by atoms with E-state index in [4.69, 9.17) is 4.74 Å². The van der Waals surface area contributed by atoms with Crippen molar-refractivity contribution in [1.82, 2.24) is 14.9 Å². The first kappa shape index (κ1) is 18.7. The number of carbonyl (C=O) groups excluding carboxylic acids is 1. The number of halogens is 1. The van der Waals surface area contributed by atoms with Crippen LogP contribution in [0.15, 0.2) is 47.3 Å². The zero-order valence-corrected chi connectivity index (χ0v) is 15.3. The summed E-state index contributed by atoms with van der Waals surface area (Å²) in [6.07, 6.45) is 0. The van der Waals surface area contributed by atoms with Gasteiger partial charge in [0.15, 0.2) is 0 Å². The molecule has 0 radical (unpaired) electrons. The minimum Gasteiger partial charge on any atom is -0.465 e. The highest BCUT2D eigenvalue weighted by atomic mass is 19.1. The second kappa shape index (κ2) is 7.67. The molecule has 1 unspecified atom stereocenters. The topological polar surface area (TPSA) is 75.3 Å². The van der Waals surface area contributed by atoms with Gasteiger partial charge in [-0.2, -0.15) is 0 Å². The Kier molecular flexibility index (Phi) is 5.32. The Bertz CT molecular complexity index is 1030. The number of carbonyl (C=O) groups is 1. The summed E-state index contributed by atoms with van der Waals surface area (Å²) in [5.74, 6) is -0.288. The molecule has 1 aromatic heterocycles. The molecular weight excluding hydrogens is 349 g/mol. The van der Waals surface area contributed by atoms with Crippen LogP contribution in [0.3, 0.4) is 0 Å². The summed E-state index contributed by atoms with van der Waals surface area (Å²) in [5.41, 5.74) is 1.45. The molecule has 0 saturated heterocycles. The summed E-state index contributed by atoms with van der Waals surface area (Å²) in [5, 5.41) is 0.403. The molecule has 2 aromatic carbocycles. The van der Waals surface area contributed by atoms with Gasteiger partial charge >= 0.3 is 5.97 Å². The number of rotatable bonds is 5. The first-order valence-corrected chi connectivity index (χ1v) is 8.46. The van der Waals surface area contributed by atoms with Crippen LogP contribution in [-0.2, 0) is 11.3 Å². The average molecular weight is 369 g/mol. The molecule has 0 bridgehead atoms. The number of aromatic amines is 1. The van der Waals surface area contributed by atoms with Crippen LogP contribution in [0.5, 0.6) is 0 Å². The maximum Gasteiger partial charge on any atom is 0.337 e. The number of nitrogens with zero attached hydrogens (tertiary/aromatic N) is 2. The molecule has 140 valence electrons. The standard InChI is InChI=1S/C20H20FN3O3/c1-12(13-4-7-15(21)8-5-13)24(2)11-18-22-17-10-14(20(26)27-3)6-9-16(17)19(25)23-18/h4-10,12H,11H2,1-3H3,(H,22,23,25). The maximum atomic E-state index is 13.1. The summed E-state index contributed by atoms with van der Waals surface area (Å²) in [6, 6.07) is 10.9. The Labute approximate surface area is 155 Å². The molecule has 3 aromatic rings. The second-order valence-electron chi connectivity index (χ2n) is 6.38. The van der Waals surface area contributed by atoms with Gasteiger partial charge in [0.2, 0.25) is 0 Å². The number of benzene rings is 2. The van der Waals surface area contributed by atoms with E-state index in [2.05, 4.69) is 9.97 Å². The van der Waals surface area contributed by atoms with E-state index >= 15 is 0 Å². The Balaban J connectivity index is 1.88. The highest BCUT2D eigenvalue weighted by Gasteiger charge is 2.15. The third-order valence-corrected chi connectivity index (χ3v) is 4.59. The third-order valence-electron chi connectivity index (χ3n) is 4.59. The van der Waals surface area contributed by atoms with Crippen LogP contribution in [0.1, 0.15) is 34.7 Å². The Hall–Kier alpha value is -3.06. The van der Waals surface area contributed by atoms with Gasteiger partial charge in [-0.15, -0.1) is 0 Å². The fourth-order valence-electron chi connectivity index (χ4n) is 2.88. The van der Waals surface area contributed by atoms with E-state index < -0.39 is 5.97 Å². The number of ether oxygens (including phenoxy) is 1. The number of nitrogens with one attached hydrogen (secondary N) is 1. The van der Waals surface area contributed by atoms with Crippen molar-refractivity contribution in [1.29, 1.82) is 0 Å². The first-order chi connectivity index (χ1) is 12.9. The quantitative estimate of drug-likeness (QED) is 0.700. The van der Waals surface area contributed by atoms with Gasteiger partial charge in [-0.05, 0) is 49.9 Å². The van der Waals surface area contributed by atoms with E-state index in [0.717, 1.165) is 5.56 Å². The number of fused-ring (bicyclic) bond motifs is 1. The van der Waals surface area contributed by atoms with Crippen molar-refractivity contribution in [3.05, 3.63) is 75.6 Å². The Morgan fingerprint density at radius 3 is 2.63 bits per heavy atom. The molecule has 1 heterocycles. The molecule has 0 spiro atoms. The van der Waals surface area contributed by atoms with Crippen LogP contribution >= 0.6 is 0 Å². The molecule has 27 heavy (non-hydrogen) atoms. The Morgan fingerprint density at radius 2 is 1.96 bits per heavy atom. The van der Waals surface area contributed by atoms with E-state index in [-0.39, 0.29) is 17.4 Å². The highest BCUT2D eigenvalue weighted by Crippen LogP contribution is 2.20. The van der Waals surface area contributed by atoms with Crippen LogP contribution in [0.25, 0.3) is 10.9 Å². The lowest BCUT2D eigenvalue weighted by Gasteiger charge is -2.24. The zero-order valence-electron chi connectivity index (χ0n) is 15.3. The van der Waals surface area contributed by atoms with Crippen molar-refractivity contribution in [3.63, 3.8) is 0 Å². The summed E-state index contributed by atoms with van der Waals surface area (Å²) in [4.78, 5) is 33.3. The second-order valence-corrected chi connectivity index (χ2v) is 6.38. The van der Waals surface area contributed by atoms with Crippen molar-refractivity contribution in [3.8, 4) is 0 Å². The highest BCUT2D eigenvalue weighted by molar-refractivity contribution is 5.93. The molecule has 0 saturated carbocycles. The van der Waals surface area contributed by atoms with Gasteiger partial charge in [-0.1, -0.05) is 12.1 Å². The van der Waals surface area contributed by atoms with Crippen molar-refractivity contribution in [2.75, 3.05) is 14.2 Å². The Morgan fingerprint density at radius 1 is 1.26 bits per heavy atom. The lowest BCUT2D eigenvalue weighted by atomic mass is 10.1. The smallest absolute Gasteiger partial charge is 0.337 e. The first-order valence-electron chi connectivity index (χ1n) is 8.46. The van der Waals surface area contributed by atoms with Crippen LogP contribution in [0, 0.1) is 5.82 Å². The van der Waals surface area contributed by atoms with Gasteiger partial charge in [0.1, 0.15) is 11.6 Å². The molecular formula is C20H20FN3O3. The van der Waals surface area contributed by atoms with E-state index in [1.54, 1.807) is 24.3 Å². The van der Waals surface area contributed by atoms with E-state index in [1.807, 2.05) is 18.9 Å². The molecule has 0 fully saturated rings. The van der Waals surface area contributed by atoms with Crippen LogP contribution < -0.4 is 5.56 Å². The number of hydrogen-bond donors (Lipinski definition) is 1. The van der Waals surface area contributed by atoms with E-state index in [0.29, 0.717) is 28.8 Å². The molecule has 0 aliphatic heterocycles. The van der Waals surface area contributed by atoms with Gasteiger partial charge in [-0.3, -0.25) is 9.69 Å². The summed E-state index contributed by atoms with van der Waals surface area (Å²) < 4.78 is 17.8. The lowest BCUT2D eigenvalue weighted by Crippen LogP contribution is -2.25. The van der Waals surface area contributed by atoms with Gasteiger partial charge in [-0.25, -0.2) is 14.2 Å². The number of esters is 1. The van der Waals surface area contributed by atoms with Crippen LogP contribution in [0.2, 0.25) is 0 Å². The third kappa shape index (κ3) is 4.03. The predicted octanol–water partition coefficient (Wildman–Crippen LogP) is 3.04. The molecule has 1 atom stereocenters. The van der Waals surface area contributed by atoms with E-state index in [9.17, 15) is 14.0 Å². The monoisotopic (exact) mass is 369 g/mol. The van der Waals surface area contributed by atoms with Crippen molar-refractivity contribution in [2.24, 2.45) is 0 Å². The average Bonchev–Trinajstić information content (AvgIpc) is 2.66. The molecule has 7 heteroatoms. The molecule has 3 rings (SSSR count). The fourth-order valence-corrected chi connectivity index (χ4v) is 2.88. The van der Waals surface area contributed by atoms with E-state index in [1.165, 1.54) is 25.3 Å².